The number of hydrogen-bond donors (Lipinski definition) is 0. The first kappa shape index (κ1) is 17.8. The second-order valence-electron chi connectivity index (χ2n) is 6.88. The fourth-order valence-electron chi connectivity index (χ4n) is 3.39. The van der Waals surface area contributed by atoms with Gasteiger partial charge in [0, 0.05) is 13.1 Å². The Balaban J connectivity index is 1.49. The maximum atomic E-state index is 12.9. The van der Waals surface area contributed by atoms with Crippen LogP contribution in [0.2, 0.25) is 0 Å². The van der Waals surface area contributed by atoms with Gasteiger partial charge in [0.2, 0.25) is 0 Å². The van der Waals surface area contributed by atoms with E-state index < -0.39 is 0 Å². The second-order valence-corrected chi connectivity index (χ2v) is 6.88. The molecule has 140 valence electrons. The summed E-state index contributed by atoms with van der Waals surface area (Å²) in [5, 5.41) is 4.57. The summed E-state index contributed by atoms with van der Waals surface area (Å²) in [6.07, 6.45) is 0. The molecule has 1 aliphatic rings. The van der Waals surface area contributed by atoms with E-state index in [-0.39, 0.29) is 18.6 Å². The van der Waals surface area contributed by atoms with Crippen LogP contribution in [0.5, 0.6) is 5.75 Å². The highest BCUT2D eigenvalue weighted by atomic mass is 16.5. The van der Waals surface area contributed by atoms with Crippen molar-refractivity contribution in [2.45, 2.75) is 26.1 Å². The monoisotopic (exact) mass is 372 g/mol. The highest BCUT2D eigenvalue weighted by Crippen LogP contribution is 2.24. The van der Waals surface area contributed by atoms with Gasteiger partial charge >= 0.3 is 0 Å². The lowest BCUT2D eigenvalue weighted by Gasteiger charge is -2.31. The molecule has 4 rings (SSSR count). The third-order valence-electron chi connectivity index (χ3n) is 4.74. The lowest BCUT2D eigenvalue weighted by atomic mass is 10.1. The average Bonchev–Trinajstić information content (AvgIpc) is 3.16. The van der Waals surface area contributed by atoms with Crippen LogP contribution >= 0.6 is 0 Å². The van der Waals surface area contributed by atoms with E-state index in [4.69, 9.17) is 11.3 Å². The van der Waals surface area contributed by atoms with E-state index in [2.05, 4.69) is 16.9 Å². The van der Waals surface area contributed by atoms with Crippen LogP contribution in [0.1, 0.15) is 34.7 Å². The molecular formula is C22H20N4O2. The van der Waals surface area contributed by atoms with Gasteiger partial charge < -0.3 is 9.64 Å². The molecule has 3 aromatic rings. The molecule has 0 aliphatic carbocycles. The molecule has 0 radical (unpaired) electrons. The summed E-state index contributed by atoms with van der Waals surface area (Å²) >= 11 is 0. The topological polar surface area (TPSA) is 51.7 Å². The van der Waals surface area contributed by atoms with E-state index in [1.54, 1.807) is 35.0 Å². The van der Waals surface area contributed by atoms with Crippen molar-refractivity contribution in [2.24, 2.45) is 0 Å². The first-order chi connectivity index (χ1) is 13.6. The van der Waals surface area contributed by atoms with E-state index in [9.17, 15) is 4.79 Å². The van der Waals surface area contributed by atoms with Gasteiger partial charge in [0.05, 0.1) is 12.6 Å². The lowest BCUT2D eigenvalue weighted by molar-refractivity contribution is 0.0651. The van der Waals surface area contributed by atoms with Gasteiger partial charge in [-0.1, -0.05) is 42.5 Å². The van der Waals surface area contributed by atoms with Gasteiger partial charge in [-0.15, -0.1) is 0 Å². The molecule has 0 fully saturated rings. The van der Waals surface area contributed by atoms with Gasteiger partial charge in [0.25, 0.3) is 5.91 Å². The molecule has 0 saturated carbocycles. The van der Waals surface area contributed by atoms with E-state index in [1.807, 2.05) is 35.2 Å². The molecule has 1 atom stereocenters. The maximum Gasteiger partial charge on any atom is 0.272 e. The number of rotatable bonds is 5. The summed E-state index contributed by atoms with van der Waals surface area (Å²) in [4.78, 5) is 18.2. The third kappa shape index (κ3) is 3.60. The summed E-state index contributed by atoms with van der Waals surface area (Å²) in [7, 11) is 0. The predicted molar refractivity (Wildman–Crippen MR) is 105 cm³/mol. The van der Waals surface area contributed by atoms with Gasteiger partial charge in [-0.05, 0) is 30.7 Å². The smallest absolute Gasteiger partial charge is 0.272 e. The number of carbonyl (C=O) groups excluding carboxylic acids is 1. The number of ether oxygens (including phenoxy) is 1. The van der Waals surface area contributed by atoms with Crippen molar-refractivity contribution < 1.29 is 9.53 Å². The number of hydrogen-bond acceptors (Lipinski definition) is 3. The Bertz CT molecular complexity index is 1040. The van der Waals surface area contributed by atoms with Crippen LogP contribution in [0.15, 0.2) is 60.7 Å². The highest BCUT2D eigenvalue weighted by molar-refractivity contribution is 5.93. The van der Waals surface area contributed by atoms with Crippen LogP contribution in [0.25, 0.3) is 4.85 Å². The van der Waals surface area contributed by atoms with Crippen molar-refractivity contribution in [1.82, 2.24) is 14.7 Å². The van der Waals surface area contributed by atoms with Gasteiger partial charge in [0.1, 0.15) is 23.7 Å². The number of carbonyl (C=O) groups is 1. The fraction of sp³-hybridized carbons (Fsp3) is 0.227. The molecule has 1 unspecified atom stereocenters. The minimum Gasteiger partial charge on any atom is -0.489 e. The molecule has 1 amide bonds. The highest BCUT2D eigenvalue weighted by Gasteiger charge is 2.30. The van der Waals surface area contributed by atoms with Gasteiger partial charge in [-0.3, -0.25) is 9.48 Å². The number of benzene rings is 2. The molecule has 1 aliphatic heterocycles. The standard InChI is InChI=1S/C22H20N4O2/c1-16-13-25(14-17-7-4-3-5-8-17)22(27)21-12-19(24-26(16)21)15-28-20-10-6-9-18(11-20)23-2/h3-12,16H,13-15H2,1H3. The molecule has 0 N–H and O–H groups in total. The zero-order valence-corrected chi connectivity index (χ0v) is 15.6. The third-order valence-corrected chi connectivity index (χ3v) is 4.74. The molecule has 1 aromatic heterocycles. The maximum absolute atomic E-state index is 12.9. The van der Waals surface area contributed by atoms with Crippen LogP contribution in [0.4, 0.5) is 5.69 Å². The predicted octanol–water partition coefficient (Wildman–Crippen LogP) is 4.23. The Morgan fingerprint density at radius 3 is 2.79 bits per heavy atom. The van der Waals surface area contributed by atoms with E-state index in [0.29, 0.717) is 35.9 Å². The zero-order chi connectivity index (χ0) is 19.5. The van der Waals surface area contributed by atoms with Gasteiger partial charge in [0.15, 0.2) is 5.69 Å². The molecule has 2 heterocycles. The van der Waals surface area contributed by atoms with E-state index in [1.165, 1.54) is 0 Å². The minimum absolute atomic E-state index is 0.0179. The Morgan fingerprint density at radius 1 is 1.18 bits per heavy atom. The molecule has 2 aromatic carbocycles. The van der Waals surface area contributed by atoms with Gasteiger partial charge in [-0.25, -0.2) is 4.85 Å². The number of fused-ring (bicyclic) bond motifs is 1. The summed E-state index contributed by atoms with van der Waals surface area (Å²) in [6.45, 7) is 10.6. The van der Waals surface area contributed by atoms with Crippen molar-refractivity contribution >= 4 is 11.6 Å². The SMILES string of the molecule is [C-]#[N+]c1cccc(OCc2cc3n(n2)C(C)CN(Cc2ccccc2)C3=O)c1. The average molecular weight is 372 g/mol. The molecule has 28 heavy (non-hydrogen) atoms. The molecular weight excluding hydrogens is 352 g/mol. The zero-order valence-electron chi connectivity index (χ0n) is 15.6. The first-order valence-electron chi connectivity index (χ1n) is 9.16. The van der Waals surface area contributed by atoms with Crippen LogP contribution in [0, 0.1) is 6.57 Å². The normalized spacial score (nSPS) is 15.8. The fourth-order valence-corrected chi connectivity index (χ4v) is 3.39. The first-order valence-corrected chi connectivity index (χ1v) is 9.16. The Hall–Kier alpha value is -3.59. The Morgan fingerprint density at radius 2 is 2.00 bits per heavy atom. The second kappa shape index (κ2) is 7.57. The molecule has 0 bridgehead atoms. The summed E-state index contributed by atoms with van der Waals surface area (Å²) in [5.41, 5.74) is 2.93. The molecule has 0 spiro atoms. The summed E-state index contributed by atoms with van der Waals surface area (Å²) < 4.78 is 7.55. The molecule has 0 saturated heterocycles. The summed E-state index contributed by atoms with van der Waals surface area (Å²) in [5.74, 6) is 0.597. The van der Waals surface area contributed by atoms with Crippen molar-refractivity contribution in [1.29, 1.82) is 0 Å². The number of aromatic nitrogens is 2. The Labute approximate surface area is 163 Å². The number of amides is 1. The van der Waals surface area contributed by atoms with E-state index >= 15 is 0 Å². The van der Waals surface area contributed by atoms with Gasteiger partial charge in [-0.2, -0.15) is 5.10 Å². The lowest BCUT2D eigenvalue weighted by Crippen LogP contribution is -2.41. The number of nitrogens with zero attached hydrogens (tertiary/aromatic N) is 4. The van der Waals surface area contributed by atoms with Crippen LogP contribution in [-0.4, -0.2) is 27.1 Å². The molecule has 6 nitrogen and oxygen atoms in total. The van der Waals surface area contributed by atoms with Crippen molar-refractivity contribution in [3.63, 3.8) is 0 Å². The molecule has 6 heteroatoms. The van der Waals surface area contributed by atoms with E-state index in [0.717, 1.165) is 5.56 Å². The van der Waals surface area contributed by atoms with Crippen molar-refractivity contribution in [2.75, 3.05) is 6.54 Å². The largest absolute Gasteiger partial charge is 0.489 e. The Kier molecular flexibility index (Phi) is 4.81. The quantitative estimate of drug-likeness (QED) is 0.630. The van der Waals surface area contributed by atoms with Crippen LogP contribution in [-0.2, 0) is 13.2 Å². The minimum atomic E-state index is -0.0179. The summed E-state index contributed by atoms with van der Waals surface area (Å²) in [6, 6.07) is 18.9. The van der Waals surface area contributed by atoms with Crippen LogP contribution < -0.4 is 4.74 Å². The van der Waals surface area contributed by atoms with Crippen LogP contribution in [0.3, 0.4) is 0 Å². The van der Waals surface area contributed by atoms with Crippen molar-refractivity contribution in [3.8, 4) is 5.75 Å². The van der Waals surface area contributed by atoms with Crippen molar-refractivity contribution in [3.05, 3.63) is 89.0 Å².